The first kappa shape index (κ1) is 20.1. The first-order valence-corrected chi connectivity index (χ1v) is 9.92. The third kappa shape index (κ3) is 3.58. The number of aromatic amines is 1. The summed E-state index contributed by atoms with van der Waals surface area (Å²) in [5.41, 5.74) is 4.42. The maximum Gasteiger partial charge on any atom is 0.268 e. The van der Waals surface area contributed by atoms with Crippen LogP contribution >= 0.6 is 0 Å². The molecule has 1 aromatic heterocycles. The quantitative estimate of drug-likeness (QED) is 0.516. The van der Waals surface area contributed by atoms with Crippen molar-refractivity contribution in [1.29, 1.82) is 0 Å². The summed E-state index contributed by atoms with van der Waals surface area (Å²) < 4.78 is 0. The molecule has 1 heterocycles. The standard InChI is InChI=1S/C23H25N3O4/c1-13-7-8-17-15(9-13)11-19(24-17)22(29)25-18-10-14-5-3-4-6-16(14)21(18)26(2)23(30)20(28)12-27/h3-9,11,18,20-21,24,27-28H,10,12H2,1-2H3,(H,25,29)/t18-,20+,21+/m1/s1. The fraction of sp³-hybridized carbons (Fsp3) is 0.304. The summed E-state index contributed by atoms with van der Waals surface area (Å²) in [4.78, 5) is 30.1. The SMILES string of the molecule is Cc1ccc2[nH]c(C(=O)N[C@@H]3Cc4ccccc4[C@@H]3N(C)C(=O)[C@@H](O)CO)cc2c1. The lowest BCUT2D eigenvalue weighted by Gasteiger charge is -2.32. The molecule has 1 aliphatic carbocycles. The molecule has 30 heavy (non-hydrogen) atoms. The average Bonchev–Trinajstić information content (AvgIpc) is 3.32. The molecule has 0 radical (unpaired) electrons. The van der Waals surface area contributed by atoms with E-state index in [1.807, 2.05) is 55.5 Å². The molecule has 0 unspecified atom stereocenters. The van der Waals surface area contributed by atoms with Crippen LogP contribution in [0.15, 0.2) is 48.5 Å². The summed E-state index contributed by atoms with van der Waals surface area (Å²) in [6.07, 6.45) is -0.922. The summed E-state index contributed by atoms with van der Waals surface area (Å²) >= 11 is 0. The lowest BCUT2D eigenvalue weighted by atomic mass is 10.0. The number of hydrogen-bond acceptors (Lipinski definition) is 4. The smallest absolute Gasteiger partial charge is 0.268 e. The molecule has 7 heteroatoms. The van der Waals surface area contributed by atoms with E-state index in [9.17, 15) is 14.7 Å². The Hall–Kier alpha value is -3.16. The number of aromatic nitrogens is 1. The number of benzene rings is 2. The number of hydrogen-bond donors (Lipinski definition) is 4. The number of likely N-dealkylation sites (N-methyl/N-ethyl adjacent to an activating group) is 1. The van der Waals surface area contributed by atoms with Crippen LogP contribution in [-0.4, -0.2) is 57.7 Å². The molecular formula is C23H25N3O4. The van der Waals surface area contributed by atoms with Crippen LogP contribution in [0.1, 0.15) is 33.2 Å². The molecule has 7 nitrogen and oxygen atoms in total. The van der Waals surface area contributed by atoms with E-state index in [4.69, 9.17) is 5.11 Å². The molecule has 0 saturated heterocycles. The van der Waals surface area contributed by atoms with Gasteiger partial charge in [0, 0.05) is 18.0 Å². The van der Waals surface area contributed by atoms with Gasteiger partial charge >= 0.3 is 0 Å². The number of aryl methyl sites for hydroxylation is 1. The second kappa shape index (κ2) is 7.93. The summed E-state index contributed by atoms with van der Waals surface area (Å²) in [6, 6.07) is 14.7. The molecule has 2 aromatic carbocycles. The number of carbonyl (C=O) groups excluding carboxylic acids is 2. The Kier molecular flexibility index (Phi) is 5.32. The molecule has 3 aromatic rings. The van der Waals surface area contributed by atoms with Crippen molar-refractivity contribution in [2.45, 2.75) is 31.5 Å². The summed E-state index contributed by atoms with van der Waals surface area (Å²) in [6.45, 7) is 1.35. The van der Waals surface area contributed by atoms with Crippen molar-refractivity contribution in [2.24, 2.45) is 0 Å². The summed E-state index contributed by atoms with van der Waals surface area (Å²) in [5.74, 6) is -0.838. The second-order valence-corrected chi connectivity index (χ2v) is 7.85. The molecule has 0 saturated carbocycles. The van der Waals surface area contributed by atoms with Crippen LogP contribution < -0.4 is 5.32 Å². The number of nitrogens with zero attached hydrogens (tertiary/aromatic N) is 1. The number of fused-ring (bicyclic) bond motifs is 2. The number of carbonyl (C=O) groups is 2. The Morgan fingerprint density at radius 3 is 2.77 bits per heavy atom. The number of amides is 2. The molecule has 0 aliphatic heterocycles. The van der Waals surface area contributed by atoms with E-state index < -0.39 is 24.7 Å². The highest BCUT2D eigenvalue weighted by molar-refractivity contribution is 5.98. The third-order valence-corrected chi connectivity index (χ3v) is 5.75. The van der Waals surface area contributed by atoms with Gasteiger partial charge in [0.15, 0.2) is 6.10 Å². The van der Waals surface area contributed by atoms with Crippen molar-refractivity contribution >= 4 is 22.7 Å². The largest absolute Gasteiger partial charge is 0.393 e. The summed E-state index contributed by atoms with van der Waals surface area (Å²) in [5, 5.41) is 23.0. The second-order valence-electron chi connectivity index (χ2n) is 7.85. The minimum absolute atomic E-state index is 0.254. The predicted molar refractivity (Wildman–Crippen MR) is 113 cm³/mol. The first-order valence-electron chi connectivity index (χ1n) is 9.92. The lowest BCUT2D eigenvalue weighted by molar-refractivity contribution is -0.143. The van der Waals surface area contributed by atoms with E-state index in [-0.39, 0.29) is 11.9 Å². The van der Waals surface area contributed by atoms with Gasteiger partial charge < -0.3 is 25.4 Å². The van der Waals surface area contributed by atoms with Crippen LogP contribution in [-0.2, 0) is 11.2 Å². The Labute approximate surface area is 174 Å². The van der Waals surface area contributed by atoms with Crippen molar-refractivity contribution in [3.8, 4) is 0 Å². The zero-order valence-corrected chi connectivity index (χ0v) is 16.9. The number of nitrogens with one attached hydrogen (secondary N) is 2. The molecule has 0 bridgehead atoms. The van der Waals surface area contributed by atoms with Crippen LogP contribution in [0.25, 0.3) is 10.9 Å². The van der Waals surface area contributed by atoms with E-state index in [0.717, 1.165) is 27.6 Å². The van der Waals surface area contributed by atoms with Crippen LogP contribution in [0, 0.1) is 6.92 Å². The van der Waals surface area contributed by atoms with Crippen LogP contribution in [0.4, 0.5) is 0 Å². The van der Waals surface area contributed by atoms with Gasteiger partial charge in [-0.3, -0.25) is 9.59 Å². The normalized spacial score (nSPS) is 18.8. The molecule has 3 atom stereocenters. The average molecular weight is 407 g/mol. The Bertz CT molecular complexity index is 1110. The Balaban J connectivity index is 1.61. The molecule has 0 spiro atoms. The molecule has 2 amide bonds. The minimum atomic E-state index is -1.49. The van der Waals surface area contributed by atoms with Crippen LogP contribution in [0.5, 0.6) is 0 Å². The third-order valence-electron chi connectivity index (χ3n) is 5.75. The molecule has 0 fully saturated rings. The first-order chi connectivity index (χ1) is 14.4. The minimum Gasteiger partial charge on any atom is -0.393 e. The van der Waals surface area contributed by atoms with Gasteiger partial charge in [0.1, 0.15) is 5.69 Å². The summed E-state index contributed by atoms with van der Waals surface area (Å²) in [7, 11) is 1.58. The number of rotatable bonds is 5. The van der Waals surface area contributed by atoms with Gasteiger partial charge in [-0.1, -0.05) is 35.9 Å². The maximum absolute atomic E-state index is 13.0. The molecule has 1 aliphatic rings. The van der Waals surface area contributed by atoms with Crippen molar-refractivity contribution in [3.63, 3.8) is 0 Å². The Morgan fingerprint density at radius 1 is 1.23 bits per heavy atom. The van der Waals surface area contributed by atoms with Crippen molar-refractivity contribution in [2.75, 3.05) is 13.7 Å². The fourth-order valence-corrected chi connectivity index (χ4v) is 4.25. The molecule has 156 valence electrons. The van der Waals surface area contributed by atoms with Gasteiger partial charge in [-0.2, -0.15) is 0 Å². The van der Waals surface area contributed by atoms with Crippen molar-refractivity contribution in [3.05, 3.63) is 70.9 Å². The highest BCUT2D eigenvalue weighted by Crippen LogP contribution is 2.36. The number of aliphatic hydroxyl groups excluding tert-OH is 2. The van der Waals surface area contributed by atoms with Gasteiger partial charge in [-0.25, -0.2) is 0 Å². The lowest BCUT2D eigenvalue weighted by Crippen LogP contribution is -2.48. The van der Waals surface area contributed by atoms with Crippen LogP contribution in [0.3, 0.4) is 0 Å². The van der Waals surface area contributed by atoms with Crippen molar-refractivity contribution < 1.29 is 19.8 Å². The van der Waals surface area contributed by atoms with E-state index >= 15 is 0 Å². The molecule has 4 rings (SSSR count). The number of aliphatic hydroxyl groups is 2. The fourth-order valence-electron chi connectivity index (χ4n) is 4.25. The van der Waals surface area contributed by atoms with Crippen molar-refractivity contribution in [1.82, 2.24) is 15.2 Å². The van der Waals surface area contributed by atoms with Gasteiger partial charge in [0.05, 0.1) is 18.7 Å². The molecular weight excluding hydrogens is 382 g/mol. The van der Waals surface area contributed by atoms with E-state index in [1.165, 1.54) is 4.90 Å². The zero-order valence-electron chi connectivity index (χ0n) is 16.9. The predicted octanol–water partition coefficient (Wildman–Crippen LogP) is 1.68. The monoisotopic (exact) mass is 407 g/mol. The van der Waals surface area contributed by atoms with E-state index in [1.54, 1.807) is 7.05 Å². The van der Waals surface area contributed by atoms with Gasteiger partial charge in [-0.15, -0.1) is 0 Å². The number of H-pyrrole nitrogens is 1. The van der Waals surface area contributed by atoms with E-state index in [0.29, 0.717) is 12.1 Å². The zero-order chi connectivity index (χ0) is 21.4. The van der Waals surface area contributed by atoms with Gasteiger partial charge in [0.25, 0.3) is 11.8 Å². The van der Waals surface area contributed by atoms with Gasteiger partial charge in [0.2, 0.25) is 0 Å². The van der Waals surface area contributed by atoms with Gasteiger partial charge in [-0.05, 0) is 42.7 Å². The highest BCUT2D eigenvalue weighted by Gasteiger charge is 2.39. The van der Waals surface area contributed by atoms with Crippen LogP contribution in [0.2, 0.25) is 0 Å². The Morgan fingerprint density at radius 2 is 2.00 bits per heavy atom. The maximum atomic E-state index is 13.0. The highest BCUT2D eigenvalue weighted by atomic mass is 16.3. The topological polar surface area (TPSA) is 106 Å². The molecule has 4 N–H and O–H groups in total. The van der Waals surface area contributed by atoms with E-state index in [2.05, 4.69) is 10.3 Å².